The standard InChI is InChI=1S/C11H20N4O.ClH/c1-3-6-15(10-4-5-12-7-10)8-11-13-9(2)14-16-11;/h10,12H,3-8H2,1-2H3;1H. The third kappa shape index (κ3) is 3.94. The van der Waals surface area contributed by atoms with Crippen LogP contribution in [0.4, 0.5) is 0 Å². The van der Waals surface area contributed by atoms with Gasteiger partial charge in [0.1, 0.15) is 0 Å². The molecule has 1 aliphatic heterocycles. The Morgan fingerprint density at radius 1 is 1.53 bits per heavy atom. The number of halogens is 1. The summed E-state index contributed by atoms with van der Waals surface area (Å²) in [7, 11) is 0. The molecule has 0 spiro atoms. The fraction of sp³-hybridized carbons (Fsp3) is 0.818. The molecule has 1 aromatic rings. The average Bonchev–Trinajstić information content (AvgIpc) is 2.88. The highest BCUT2D eigenvalue weighted by Crippen LogP contribution is 2.12. The maximum atomic E-state index is 5.18. The molecule has 1 N–H and O–H groups in total. The number of hydrogen-bond acceptors (Lipinski definition) is 5. The van der Waals surface area contributed by atoms with Crippen LogP contribution in [0.5, 0.6) is 0 Å². The zero-order valence-corrected chi connectivity index (χ0v) is 11.3. The molecule has 6 heteroatoms. The highest BCUT2D eigenvalue weighted by atomic mass is 35.5. The molecule has 0 aromatic carbocycles. The van der Waals surface area contributed by atoms with Gasteiger partial charge in [0.25, 0.3) is 0 Å². The molecular weight excluding hydrogens is 240 g/mol. The number of rotatable bonds is 5. The minimum atomic E-state index is 0. The van der Waals surface area contributed by atoms with Gasteiger partial charge in [0, 0.05) is 12.6 Å². The Bertz CT molecular complexity index is 325. The summed E-state index contributed by atoms with van der Waals surface area (Å²) in [6.07, 6.45) is 2.37. The molecule has 1 aromatic heterocycles. The molecule has 0 aliphatic carbocycles. The summed E-state index contributed by atoms with van der Waals surface area (Å²) in [4.78, 5) is 6.70. The van der Waals surface area contributed by atoms with Crippen LogP contribution in [-0.4, -0.2) is 40.7 Å². The molecule has 0 saturated carbocycles. The largest absolute Gasteiger partial charge is 0.338 e. The zero-order valence-electron chi connectivity index (χ0n) is 10.5. The smallest absolute Gasteiger partial charge is 0.240 e. The lowest BCUT2D eigenvalue weighted by Crippen LogP contribution is -2.37. The Labute approximate surface area is 108 Å². The van der Waals surface area contributed by atoms with Gasteiger partial charge in [-0.15, -0.1) is 12.4 Å². The van der Waals surface area contributed by atoms with Gasteiger partial charge in [-0.3, -0.25) is 4.90 Å². The molecule has 5 nitrogen and oxygen atoms in total. The minimum Gasteiger partial charge on any atom is -0.338 e. The van der Waals surface area contributed by atoms with Gasteiger partial charge in [-0.2, -0.15) is 4.98 Å². The van der Waals surface area contributed by atoms with Gasteiger partial charge in [0.15, 0.2) is 5.82 Å². The van der Waals surface area contributed by atoms with Gasteiger partial charge in [-0.05, 0) is 32.9 Å². The highest BCUT2D eigenvalue weighted by molar-refractivity contribution is 5.85. The zero-order chi connectivity index (χ0) is 11.4. The van der Waals surface area contributed by atoms with Gasteiger partial charge in [0.2, 0.25) is 5.89 Å². The second kappa shape index (κ2) is 6.93. The highest BCUT2D eigenvalue weighted by Gasteiger charge is 2.23. The number of aryl methyl sites for hydroxylation is 1. The Hall–Kier alpha value is -0.650. The van der Waals surface area contributed by atoms with Crippen LogP contribution in [-0.2, 0) is 6.54 Å². The maximum Gasteiger partial charge on any atom is 0.240 e. The molecule has 0 bridgehead atoms. The second-order valence-electron chi connectivity index (χ2n) is 4.35. The van der Waals surface area contributed by atoms with Crippen LogP contribution in [0.3, 0.4) is 0 Å². The van der Waals surface area contributed by atoms with E-state index in [0.717, 1.165) is 44.3 Å². The summed E-state index contributed by atoms with van der Waals surface area (Å²) in [5.41, 5.74) is 0. The molecule has 1 unspecified atom stereocenters. The van der Waals surface area contributed by atoms with Crippen LogP contribution in [0.2, 0.25) is 0 Å². The van der Waals surface area contributed by atoms with Crippen molar-refractivity contribution in [3.05, 3.63) is 11.7 Å². The lowest BCUT2D eigenvalue weighted by atomic mass is 10.2. The van der Waals surface area contributed by atoms with Crippen LogP contribution in [0.25, 0.3) is 0 Å². The Morgan fingerprint density at radius 2 is 2.35 bits per heavy atom. The SMILES string of the molecule is CCCN(Cc1nc(C)no1)C1CCNC1.Cl. The Balaban J connectivity index is 0.00000144. The van der Waals surface area contributed by atoms with Gasteiger partial charge in [-0.1, -0.05) is 12.1 Å². The number of nitrogens with one attached hydrogen (secondary N) is 1. The van der Waals surface area contributed by atoms with E-state index in [9.17, 15) is 0 Å². The molecule has 17 heavy (non-hydrogen) atoms. The van der Waals surface area contributed by atoms with Crippen molar-refractivity contribution in [1.29, 1.82) is 0 Å². The van der Waals surface area contributed by atoms with Crippen molar-refractivity contribution in [3.8, 4) is 0 Å². The van der Waals surface area contributed by atoms with Crippen LogP contribution >= 0.6 is 12.4 Å². The van der Waals surface area contributed by atoms with Crippen molar-refractivity contribution in [2.45, 2.75) is 39.3 Å². The number of aromatic nitrogens is 2. The molecular formula is C11H21ClN4O. The second-order valence-corrected chi connectivity index (χ2v) is 4.35. The van der Waals surface area contributed by atoms with E-state index in [1.807, 2.05) is 6.92 Å². The van der Waals surface area contributed by atoms with Crippen LogP contribution in [0, 0.1) is 6.92 Å². The van der Waals surface area contributed by atoms with Crippen molar-refractivity contribution < 1.29 is 4.52 Å². The molecule has 1 saturated heterocycles. The molecule has 0 radical (unpaired) electrons. The van der Waals surface area contributed by atoms with Crippen molar-refractivity contribution in [1.82, 2.24) is 20.4 Å². The lowest BCUT2D eigenvalue weighted by molar-refractivity contribution is 0.174. The fourth-order valence-corrected chi connectivity index (χ4v) is 2.21. The first kappa shape index (κ1) is 14.4. The topological polar surface area (TPSA) is 54.2 Å². The van der Waals surface area contributed by atoms with Gasteiger partial charge < -0.3 is 9.84 Å². The third-order valence-electron chi connectivity index (χ3n) is 2.97. The molecule has 1 aliphatic rings. The summed E-state index contributed by atoms with van der Waals surface area (Å²) < 4.78 is 5.18. The van der Waals surface area contributed by atoms with Gasteiger partial charge >= 0.3 is 0 Å². The minimum absolute atomic E-state index is 0. The first-order valence-electron chi connectivity index (χ1n) is 6.03. The van der Waals surface area contributed by atoms with E-state index >= 15 is 0 Å². The molecule has 2 heterocycles. The van der Waals surface area contributed by atoms with Crippen LogP contribution < -0.4 is 5.32 Å². The van der Waals surface area contributed by atoms with Crippen molar-refractivity contribution in [2.24, 2.45) is 0 Å². The lowest BCUT2D eigenvalue weighted by Gasteiger charge is -2.26. The summed E-state index contributed by atoms with van der Waals surface area (Å²) in [6.45, 7) is 8.12. The van der Waals surface area contributed by atoms with E-state index in [4.69, 9.17) is 4.52 Å². The van der Waals surface area contributed by atoms with Crippen molar-refractivity contribution >= 4 is 12.4 Å². The summed E-state index contributed by atoms with van der Waals surface area (Å²) >= 11 is 0. The Morgan fingerprint density at radius 3 is 2.88 bits per heavy atom. The molecule has 1 fully saturated rings. The van der Waals surface area contributed by atoms with E-state index in [2.05, 4.69) is 27.3 Å². The van der Waals surface area contributed by atoms with Gasteiger partial charge in [0.05, 0.1) is 6.54 Å². The normalized spacial score (nSPS) is 19.6. The third-order valence-corrected chi connectivity index (χ3v) is 2.97. The maximum absolute atomic E-state index is 5.18. The first-order chi connectivity index (χ1) is 7.79. The molecule has 1 atom stereocenters. The number of nitrogens with zero attached hydrogens (tertiary/aromatic N) is 3. The summed E-state index contributed by atoms with van der Waals surface area (Å²) in [5, 5.41) is 7.22. The first-order valence-corrected chi connectivity index (χ1v) is 6.03. The number of hydrogen-bond donors (Lipinski definition) is 1. The molecule has 0 amide bonds. The predicted octanol–water partition coefficient (Wildman–Crippen LogP) is 1.37. The quantitative estimate of drug-likeness (QED) is 0.867. The van der Waals surface area contributed by atoms with Crippen molar-refractivity contribution in [3.63, 3.8) is 0 Å². The summed E-state index contributed by atoms with van der Waals surface area (Å²) in [5.74, 6) is 1.45. The average molecular weight is 261 g/mol. The van der Waals surface area contributed by atoms with E-state index in [1.54, 1.807) is 0 Å². The van der Waals surface area contributed by atoms with E-state index in [0.29, 0.717) is 6.04 Å². The van der Waals surface area contributed by atoms with Crippen molar-refractivity contribution in [2.75, 3.05) is 19.6 Å². The molecule has 98 valence electrons. The van der Waals surface area contributed by atoms with Crippen LogP contribution in [0.1, 0.15) is 31.5 Å². The van der Waals surface area contributed by atoms with E-state index in [-0.39, 0.29) is 12.4 Å². The monoisotopic (exact) mass is 260 g/mol. The van der Waals surface area contributed by atoms with E-state index < -0.39 is 0 Å². The summed E-state index contributed by atoms with van der Waals surface area (Å²) in [6, 6.07) is 0.618. The fourth-order valence-electron chi connectivity index (χ4n) is 2.21. The van der Waals surface area contributed by atoms with Crippen LogP contribution in [0.15, 0.2) is 4.52 Å². The Kier molecular flexibility index (Phi) is 5.88. The molecule has 2 rings (SSSR count). The van der Waals surface area contributed by atoms with Gasteiger partial charge in [-0.25, -0.2) is 0 Å². The predicted molar refractivity (Wildman–Crippen MR) is 68.3 cm³/mol. The van der Waals surface area contributed by atoms with E-state index in [1.165, 1.54) is 6.42 Å².